The fourth-order valence-corrected chi connectivity index (χ4v) is 1.98. The second-order valence-corrected chi connectivity index (χ2v) is 4.07. The van der Waals surface area contributed by atoms with Crippen LogP contribution in [0.15, 0.2) is 30.5 Å². The lowest BCUT2D eigenvalue weighted by Crippen LogP contribution is -2.36. The molecule has 4 nitrogen and oxygen atoms in total. The number of hydrogen-bond donors (Lipinski definition) is 0. The quantitative estimate of drug-likeness (QED) is 0.751. The monoisotopic (exact) mass is 246 g/mol. The zero-order valence-corrected chi connectivity index (χ0v) is 10.1. The van der Waals surface area contributed by atoms with Gasteiger partial charge < -0.3 is 18.9 Å². The first-order valence-electron chi connectivity index (χ1n) is 5.81. The van der Waals surface area contributed by atoms with Gasteiger partial charge in [0, 0.05) is 11.6 Å². The minimum absolute atomic E-state index is 0.550. The van der Waals surface area contributed by atoms with Gasteiger partial charge in [0.25, 0.3) is 0 Å². The minimum Gasteiger partial charge on any atom is -0.504 e. The van der Waals surface area contributed by atoms with Gasteiger partial charge in [-0.25, -0.2) is 0 Å². The van der Waals surface area contributed by atoms with Crippen LogP contribution in [0.4, 0.5) is 0 Å². The molecule has 1 fully saturated rings. The molecule has 0 radical (unpaired) electrons. The van der Waals surface area contributed by atoms with Crippen LogP contribution >= 0.6 is 0 Å². The van der Waals surface area contributed by atoms with Crippen molar-refractivity contribution in [2.45, 2.75) is 5.97 Å². The summed E-state index contributed by atoms with van der Waals surface area (Å²) in [5.41, 5.74) is 2.05. The molecule has 18 heavy (non-hydrogen) atoms. The van der Waals surface area contributed by atoms with E-state index in [1.807, 2.05) is 30.4 Å². The maximum absolute atomic E-state index is 5.75. The molecule has 2 aliphatic rings. The van der Waals surface area contributed by atoms with E-state index in [1.54, 1.807) is 19.4 Å². The van der Waals surface area contributed by atoms with Gasteiger partial charge in [-0.3, -0.25) is 0 Å². The number of methoxy groups -OCH3 is 1. The summed E-state index contributed by atoms with van der Waals surface area (Å²) >= 11 is 0. The minimum atomic E-state index is -1.02. The van der Waals surface area contributed by atoms with Crippen LogP contribution in [0.3, 0.4) is 0 Å². The highest BCUT2D eigenvalue weighted by Gasteiger charge is 2.39. The molecule has 1 aromatic rings. The van der Waals surface area contributed by atoms with E-state index in [2.05, 4.69) is 0 Å². The van der Waals surface area contributed by atoms with E-state index in [1.165, 1.54) is 0 Å². The summed E-state index contributed by atoms with van der Waals surface area (Å²) in [5, 5.41) is 0. The van der Waals surface area contributed by atoms with Gasteiger partial charge in [0.2, 0.25) is 0 Å². The Hall–Kier alpha value is -1.78. The first kappa shape index (κ1) is 11.3. The van der Waals surface area contributed by atoms with Crippen LogP contribution in [0.25, 0.3) is 12.2 Å². The molecule has 94 valence electrons. The van der Waals surface area contributed by atoms with Gasteiger partial charge in [0.15, 0.2) is 0 Å². The topological polar surface area (TPSA) is 36.9 Å². The lowest BCUT2D eigenvalue weighted by molar-refractivity contribution is -0.249. The third kappa shape index (κ3) is 2.00. The summed E-state index contributed by atoms with van der Waals surface area (Å²) in [5.74, 6) is -0.259. The van der Waals surface area contributed by atoms with E-state index >= 15 is 0 Å². The molecule has 0 saturated carbocycles. The predicted molar refractivity (Wildman–Crippen MR) is 66.8 cm³/mol. The smallest absolute Gasteiger partial charge is 0.349 e. The Bertz CT molecular complexity index is 499. The third-order valence-corrected chi connectivity index (χ3v) is 2.84. The van der Waals surface area contributed by atoms with E-state index < -0.39 is 5.97 Å². The third-order valence-electron chi connectivity index (χ3n) is 2.84. The molecule has 0 amide bonds. The Morgan fingerprint density at radius 2 is 2.11 bits per heavy atom. The van der Waals surface area contributed by atoms with Crippen LogP contribution < -0.4 is 4.74 Å². The SMILES string of the molecule is CO/C=C\c1ccc2c(c1)C=CC1(OCCO1)O2. The van der Waals surface area contributed by atoms with E-state index in [-0.39, 0.29) is 0 Å². The second kappa shape index (κ2) is 4.48. The van der Waals surface area contributed by atoms with Gasteiger partial charge >= 0.3 is 5.97 Å². The molecule has 0 aliphatic carbocycles. The zero-order valence-electron chi connectivity index (χ0n) is 10.1. The Balaban J connectivity index is 1.88. The van der Waals surface area contributed by atoms with Crippen molar-refractivity contribution < 1.29 is 18.9 Å². The van der Waals surface area contributed by atoms with Crippen molar-refractivity contribution in [3.05, 3.63) is 41.7 Å². The molecular weight excluding hydrogens is 232 g/mol. The van der Waals surface area contributed by atoms with Crippen LogP contribution in [-0.4, -0.2) is 26.3 Å². The highest BCUT2D eigenvalue weighted by Crippen LogP contribution is 2.35. The highest BCUT2D eigenvalue weighted by atomic mass is 16.9. The molecule has 1 saturated heterocycles. The average Bonchev–Trinajstić information content (AvgIpc) is 2.84. The lowest BCUT2D eigenvalue weighted by atomic mass is 10.1. The molecule has 2 heterocycles. The maximum atomic E-state index is 5.75. The fraction of sp³-hybridized carbons (Fsp3) is 0.286. The lowest BCUT2D eigenvalue weighted by Gasteiger charge is -2.28. The Morgan fingerprint density at radius 3 is 2.89 bits per heavy atom. The summed E-state index contributed by atoms with van der Waals surface area (Å²) in [6.45, 7) is 1.10. The largest absolute Gasteiger partial charge is 0.504 e. The van der Waals surface area contributed by atoms with Gasteiger partial charge in [0.1, 0.15) is 5.75 Å². The maximum Gasteiger partial charge on any atom is 0.349 e. The van der Waals surface area contributed by atoms with Crippen molar-refractivity contribution in [3.8, 4) is 5.75 Å². The van der Waals surface area contributed by atoms with Crippen LogP contribution in [0, 0.1) is 0 Å². The van der Waals surface area contributed by atoms with Crippen molar-refractivity contribution >= 4 is 12.2 Å². The standard InChI is InChI=1S/C14H14O4/c1-15-7-5-11-2-3-13-12(10-11)4-6-14(18-13)16-8-9-17-14/h2-7,10H,8-9H2,1H3/b7-5-. The van der Waals surface area contributed by atoms with Crippen LogP contribution in [0.2, 0.25) is 0 Å². The molecule has 0 N–H and O–H groups in total. The molecule has 0 unspecified atom stereocenters. The van der Waals surface area contributed by atoms with Crippen LogP contribution in [-0.2, 0) is 14.2 Å². The first-order valence-corrected chi connectivity index (χ1v) is 5.81. The number of benzene rings is 1. The Labute approximate surface area is 105 Å². The highest BCUT2D eigenvalue weighted by molar-refractivity contribution is 5.65. The van der Waals surface area contributed by atoms with Crippen LogP contribution in [0.5, 0.6) is 5.75 Å². The number of rotatable bonds is 2. The van der Waals surface area contributed by atoms with Crippen molar-refractivity contribution in [3.63, 3.8) is 0 Å². The van der Waals surface area contributed by atoms with Gasteiger partial charge in [-0.2, -0.15) is 0 Å². The van der Waals surface area contributed by atoms with E-state index in [0.29, 0.717) is 13.2 Å². The normalized spacial score (nSPS) is 20.1. The first-order chi connectivity index (χ1) is 8.81. The van der Waals surface area contributed by atoms with Crippen LogP contribution in [0.1, 0.15) is 11.1 Å². The summed E-state index contributed by atoms with van der Waals surface area (Å²) in [6.07, 6.45) is 7.28. The van der Waals surface area contributed by atoms with Crippen molar-refractivity contribution in [2.24, 2.45) is 0 Å². The second-order valence-electron chi connectivity index (χ2n) is 4.07. The van der Waals surface area contributed by atoms with E-state index in [0.717, 1.165) is 16.9 Å². The van der Waals surface area contributed by atoms with E-state index in [9.17, 15) is 0 Å². The van der Waals surface area contributed by atoms with Crippen molar-refractivity contribution in [1.82, 2.24) is 0 Å². The average molecular weight is 246 g/mol. The summed E-state index contributed by atoms with van der Waals surface area (Å²) < 4.78 is 21.6. The molecule has 3 rings (SSSR count). The number of ether oxygens (including phenoxy) is 4. The number of hydrogen-bond acceptors (Lipinski definition) is 4. The predicted octanol–water partition coefficient (Wildman–Crippen LogP) is 2.41. The Morgan fingerprint density at radius 1 is 1.28 bits per heavy atom. The van der Waals surface area contributed by atoms with E-state index in [4.69, 9.17) is 18.9 Å². The molecule has 2 aliphatic heterocycles. The molecule has 1 aromatic carbocycles. The summed E-state index contributed by atoms with van der Waals surface area (Å²) in [4.78, 5) is 0. The fourth-order valence-electron chi connectivity index (χ4n) is 1.98. The molecule has 0 bridgehead atoms. The van der Waals surface area contributed by atoms with Gasteiger partial charge in [-0.05, 0) is 29.8 Å². The van der Waals surface area contributed by atoms with Crippen molar-refractivity contribution in [1.29, 1.82) is 0 Å². The van der Waals surface area contributed by atoms with Gasteiger partial charge in [-0.1, -0.05) is 6.07 Å². The van der Waals surface area contributed by atoms with Gasteiger partial charge in [0.05, 0.1) is 26.6 Å². The Kier molecular flexibility index (Phi) is 2.81. The molecular formula is C14H14O4. The molecule has 0 aromatic heterocycles. The van der Waals surface area contributed by atoms with Crippen molar-refractivity contribution in [2.75, 3.05) is 20.3 Å². The summed E-state index contributed by atoms with van der Waals surface area (Å²) in [6, 6.07) is 5.88. The number of fused-ring (bicyclic) bond motifs is 1. The van der Waals surface area contributed by atoms with Gasteiger partial charge in [-0.15, -0.1) is 0 Å². The summed E-state index contributed by atoms with van der Waals surface area (Å²) in [7, 11) is 1.62. The molecule has 0 atom stereocenters. The molecule has 1 spiro atoms. The molecule has 4 heteroatoms. The zero-order chi connectivity index (χ0) is 12.4.